The topological polar surface area (TPSA) is 109 Å². The molecule has 0 aliphatic heterocycles. The van der Waals surface area contributed by atoms with Crippen molar-refractivity contribution < 1.29 is 18.3 Å². The predicted octanol–water partition coefficient (Wildman–Crippen LogP) is -0.668. The Kier molecular flexibility index (Phi) is 5.35. The number of amides is 1. The summed E-state index contributed by atoms with van der Waals surface area (Å²) in [5.74, 6) is -0.671. The predicted molar refractivity (Wildman–Crippen MR) is 63.6 cm³/mol. The standard InChI is InChI=1S/C10H20N2O4S/c11-10(14)9(13)6-12-17(15,16)7-8-4-2-1-3-5-8/h8-9,12-13H,1-7H2,(H2,11,14). The zero-order valence-corrected chi connectivity index (χ0v) is 10.6. The number of nitrogens with two attached hydrogens (primary N) is 1. The van der Waals surface area contributed by atoms with Gasteiger partial charge in [-0.1, -0.05) is 19.3 Å². The molecule has 17 heavy (non-hydrogen) atoms. The van der Waals surface area contributed by atoms with Gasteiger partial charge in [-0.2, -0.15) is 0 Å². The number of hydrogen-bond donors (Lipinski definition) is 3. The Morgan fingerprint density at radius 1 is 1.35 bits per heavy atom. The van der Waals surface area contributed by atoms with Crippen LogP contribution in [-0.2, 0) is 14.8 Å². The van der Waals surface area contributed by atoms with E-state index in [0.717, 1.165) is 25.7 Å². The minimum atomic E-state index is -3.43. The number of carbonyl (C=O) groups excluding carboxylic acids is 1. The van der Waals surface area contributed by atoms with E-state index >= 15 is 0 Å². The highest BCUT2D eigenvalue weighted by Gasteiger charge is 2.22. The molecule has 1 unspecified atom stereocenters. The van der Waals surface area contributed by atoms with Crippen molar-refractivity contribution in [2.45, 2.75) is 38.2 Å². The molecule has 6 nitrogen and oxygen atoms in total. The number of hydrogen-bond acceptors (Lipinski definition) is 4. The lowest BCUT2D eigenvalue weighted by Crippen LogP contribution is -2.41. The zero-order valence-electron chi connectivity index (χ0n) is 9.76. The van der Waals surface area contributed by atoms with Gasteiger partial charge in [-0.25, -0.2) is 13.1 Å². The quantitative estimate of drug-likeness (QED) is 0.591. The summed E-state index contributed by atoms with van der Waals surface area (Å²) < 4.78 is 25.5. The van der Waals surface area contributed by atoms with Crippen LogP contribution in [0.1, 0.15) is 32.1 Å². The van der Waals surface area contributed by atoms with E-state index in [1.807, 2.05) is 0 Å². The second-order valence-corrected chi connectivity index (χ2v) is 6.40. The molecule has 100 valence electrons. The van der Waals surface area contributed by atoms with Gasteiger partial charge in [0.1, 0.15) is 6.10 Å². The summed E-state index contributed by atoms with van der Waals surface area (Å²) in [6.45, 7) is -0.343. The third-order valence-corrected chi connectivity index (χ3v) is 4.52. The van der Waals surface area contributed by atoms with Crippen molar-refractivity contribution in [3.8, 4) is 0 Å². The molecule has 1 atom stereocenters. The Hall–Kier alpha value is -0.660. The van der Waals surface area contributed by atoms with Crippen LogP contribution in [0.5, 0.6) is 0 Å². The lowest BCUT2D eigenvalue weighted by Gasteiger charge is -2.21. The number of aliphatic hydroxyl groups excluding tert-OH is 1. The first-order chi connectivity index (χ1) is 7.91. The second-order valence-electron chi connectivity index (χ2n) is 4.55. The van der Waals surface area contributed by atoms with Crippen LogP contribution < -0.4 is 10.5 Å². The van der Waals surface area contributed by atoms with Crippen LogP contribution in [0.3, 0.4) is 0 Å². The highest BCUT2D eigenvalue weighted by atomic mass is 32.2. The minimum Gasteiger partial charge on any atom is -0.382 e. The van der Waals surface area contributed by atoms with E-state index in [2.05, 4.69) is 4.72 Å². The van der Waals surface area contributed by atoms with Crippen LogP contribution in [0.4, 0.5) is 0 Å². The van der Waals surface area contributed by atoms with Gasteiger partial charge in [0.25, 0.3) is 0 Å². The Morgan fingerprint density at radius 2 is 1.94 bits per heavy atom. The van der Waals surface area contributed by atoms with Gasteiger partial charge in [-0.05, 0) is 18.8 Å². The second kappa shape index (κ2) is 6.32. The highest BCUT2D eigenvalue weighted by molar-refractivity contribution is 7.89. The molecule has 0 heterocycles. The minimum absolute atomic E-state index is 0.0679. The summed E-state index contributed by atoms with van der Waals surface area (Å²) in [5.41, 5.74) is 4.83. The third kappa shape index (κ3) is 5.47. The fraction of sp³-hybridized carbons (Fsp3) is 0.900. The Morgan fingerprint density at radius 3 is 2.47 bits per heavy atom. The Bertz CT molecular complexity index is 349. The zero-order chi connectivity index (χ0) is 12.9. The smallest absolute Gasteiger partial charge is 0.247 e. The van der Waals surface area contributed by atoms with E-state index in [0.29, 0.717) is 0 Å². The molecule has 1 fully saturated rings. The van der Waals surface area contributed by atoms with Crippen molar-refractivity contribution >= 4 is 15.9 Å². The maximum absolute atomic E-state index is 11.7. The van der Waals surface area contributed by atoms with E-state index in [1.54, 1.807) is 0 Å². The van der Waals surface area contributed by atoms with Crippen LogP contribution in [0.25, 0.3) is 0 Å². The molecule has 0 radical (unpaired) electrons. The van der Waals surface area contributed by atoms with Gasteiger partial charge < -0.3 is 10.8 Å². The molecular weight excluding hydrogens is 244 g/mol. The van der Waals surface area contributed by atoms with Crippen molar-refractivity contribution in [1.29, 1.82) is 0 Å². The van der Waals surface area contributed by atoms with Crippen LogP contribution in [0, 0.1) is 5.92 Å². The molecule has 1 rings (SSSR count). The molecule has 0 spiro atoms. The van der Waals surface area contributed by atoms with E-state index < -0.39 is 22.0 Å². The number of primary amides is 1. The van der Waals surface area contributed by atoms with Crippen molar-refractivity contribution in [1.82, 2.24) is 4.72 Å². The maximum Gasteiger partial charge on any atom is 0.247 e. The lowest BCUT2D eigenvalue weighted by atomic mass is 9.91. The molecule has 0 saturated heterocycles. The highest BCUT2D eigenvalue weighted by Crippen LogP contribution is 2.24. The van der Waals surface area contributed by atoms with Gasteiger partial charge in [0.15, 0.2) is 0 Å². The third-order valence-electron chi connectivity index (χ3n) is 3.00. The van der Waals surface area contributed by atoms with E-state index in [1.165, 1.54) is 6.42 Å². The van der Waals surface area contributed by atoms with Gasteiger partial charge in [0.05, 0.1) is 5.75 Å². The number of carbonyl (C=O) groups is 1. The summed E-state index contributed by atoms with van der Waals surface area (Å²) in [7, 11) is -3.43. The van der Waals surface area contributed by atoms with Crippen molar-refractivity contribution in [3.63, 3.8) is 0 Å². The van der Waals surface area contributed by atoms with Gasteiger partial charge in [0, 0.05) is 6.54 Å². The average molecular weight is 264 g/mol. The molecule has 1 saturated carbocycles. The van der Waals surface area contributed by atoms with Gasteiger partial charge in [0.2, 0.25) is 15.9 Å². The summed E-state index contributed by atoms with van der Waals surface area (Å²) in [6, 6.07) is 0. The molecule has 1 amide bonds. The van der Waals surface area contributed by atoms with Gasteiger partial charge in [-0.3, -0.25) is 4.79 Å². The molecule has 1 aliphatic rings. The largest absolute Gasteiger partial charge is 0.382 e. The van der Waals surface area contributed by atoms with Crippen molar-refractivity contribution in [2.24, 2.45) is 11.7 Å². The first-order valence-electron chi connectivity index (χ1n) is 5.85. The number of sulfonamides is 1. The van der Waals surface area contributed by atoms with Gasteiger partial charge >= 0.3 is 0 Å². The van der Waals surface area contributed by atoms with E-state index in [9.17, 15) is 13.2 Å². The fourth-order valence-electron chi connectivity index (χ4n) is 2.03. The fourth-order valence-corrected chi connectivity index (χ4v) is 3.51. The first-order valence-corrected chi connectivity index (χ1v) is 7.50. The molecular formula is C10H20N2O4S. The van der Waals surface area contributed by atoms with E-state index in [4.69, 9.17) is 10.8 Å². The van der Waals surface area contributed by atoms with Crippen LogP contribution in [0.15, 0.2) is 0 Å². The number of aliphatic hydroxyl groups is 1. The monoisotopic (exact) mass is 264 g/mol. The molecule has 7 heteroatoms. The molecule has 0 aromatic heterocycles. The maximum atomic E-state index is 11.7. The molecule has 0 aromatic carbocycles. The molecule has 0 aromatic rings. The van der Waals surface area contributed by atoms with Crippen LogP contribution in [-0.4, -0.2) is 37.8 Å². The van der Waals surface area contributed by atoms with Crippen LogP contribution in [0.2, 0.25) is 0 Å². The van der Waals surface area contributed by atoms with E-state index in [-0.39, 0.29) is 18.2 Å². The number of rotatable bonds is 6. The summed E-state index contributed by atoms with van der Waals surface area (Å²) in [5, 5.41) is 9.09. The Labute approximate surface area is 102 Å². The number of nitrogens with one attached hydrogen (secondary N) is 1. The summed E-state index contributed by atoms with van der Waals surface area (Å²) in [4.78, 5) is 10.5. The SMILES string of the molecule is NC(=O)C(O)CNS(=O)(=O)CC1CCCCC1. The van der Waals surface area contributed by atoms with Crippen molar-refractivity contribution in [3.05, 3.63) is 0 Å². The van der Waals surface area contributed by atoms with Gasteiger partial charge in [-0.15, -0.1) is 0 Å². The lowest BCUT2D eigenvalue weighted by molar-refractivity contribution is -0.125. The average Bonchev–Trinajstić information content (AvgIpc) is 2.26. The molecule has 0 bridgehead atoms. The molecule has 1 aliphatic carbocycles. The van der Waals surface area contributed by atoms with Crippen LogP contribution >= 0.6 is 0 Å². The summed E-state index contributed by atoms with van der Waals surface area (Å²) in [6.07, 6.45) is 3.72. The normalized spacial score (nSPS) is 20.1. The molecule has 4 N–H and O–H groups in total. The first kappa shape index (κ1) is 14.4. The Balaban J connectivity index is 2.37. The van der Waals surface area contributed by atoms with Crippen molar-refractivity contribution in [2.75, 3.05) is 12.3 Å². The summed E-state index contributed by atoms with van der Waals surface area (Å²) >= 11 is 0.